The predicted molar refractivity (Wildman–Crippen MR) is 128 cm³/mol. The molecule has 0 spiro atoms. The van der Waals surface area contributed by atoms with Gasteiger partial charge < -0.3 is 4.42 Å². The highest BCUT2D eigenvalue weighted by molar-refractivity contribution is 7.80. The van der Waals surface area contributed by atoms with E-state index in [1.54, 1.807) is 55.5 Å². The number of thiocarbonyl (C=S) groups is 1. The van der Waals surface area contributed by atoms with Crippen LogP contribution in [0.1, 0.15) is 12.7 Å². The first-order valence-corrected chi connectivity index (χ1v) is 10.6. The second kappa shape index (κ2) is 8.97. The molecule has 1 aliphatic rings. The lowest BCUT2D eigenvalue weighted by Gasteiger charge is -2.35. The number of hydrogen-bond donors (Lipinski definition) is 0. The molecule has 0 bridgehead atoms. The second-order valence-corrected chi connectivity index (χ2v) is 7.78. The van der Waals surface area contributed by atoms with Crippen LogP contribution in [0.3, 0.4) is 0 Å². The Morgan fingerprint density at radius 1 is 1.06 bits per heavy atom. The van der Waals surface area contributed by atoms with Gasteiger partial charge in [0.25, 0.3) is 17.5 Å². The van der Waals surface area contributed by atoms with Gasteiger partial charge in [-0.05, 0) is 67.7 Å². The minimum atomic E-state index is -0.610. The van der Waals surface area contributed by atoms with Gasteiger partial charge in [0, 0.05) is 17.6 Å². The highest BCUT2D eigenvalue weighted by atomic mass is 35.5. The Bertz CT molecular complexity index is 1320. The zero-order valence-electron chi connectivity index (χ0n) is 17.2. The number of rotatable bonds is 5. The second-order valence-electron chi connectivity index (χ2n) is 6.98. The highest BCUT2D eigenvalue weighted by Gasteiger charge is 2.39. The third kappa shape index (κ3) is 4.15. The highest BCUT2D eigenvalue weighted by Crippen LogP contribution is 2.32. The van der Waals surface area contributed by atoms with Crippen LogP contribution >= 0.6 is 23.8 Å². The average molecular weight is 482 g/mol. The summed E-state index contributed by atoms with van der Waals surface area (Å²) in [7, 11) is 0. The summed E-state index contributed by atoms with van der Waals surface area (Å²) in [6.07, 6.45) is 1.32. The van der Waals surface area contributed by atoms with Crippen molar-refractivity contribution in [3.63, 3.8) is 0 Å². The van der Waals surface area contributed by atoms with Crippen molar-refractivity contribution in [3.05, 3.63) is 87.1 Å². The normalized spacial score (nSPS) is 15.5. The van der Waals surface area contributed by atoms with Gasteiger partial charge in [0.05, 0.1) is 16.2 Å². The van der Waals surface area contributed by atoms with Gasteiger partial charge in [-0.15, -0.1) is 0 Å². The van der Waals surface area contributed by atoms with E-state index in [2.05, 4.69) is 0 Å². The first kappa shape index (κ1) is 22.4. The molecule has 1 saturated heterocycles. The Labute approximate surface area is 198 Å². The van der Waals surface area contributed by atoms with Gasteiger partial charge in [0.2, 0.25) is 0 Å². The molecule has 33 heavy (non-hydrogen) atoms. The lowest BCUT2D eigenvalue weighted by molar-refractivity contribution is -0.384. The maximum Gasteiger partial charge on any atom is 0.280 e. The van der Waals surface area contributed by atoms with Crippen LogP contribution in [0.25, 0.3) is 17.4 Å². The van der Waals surface area contributed by atoms with Gasteiger partial charge in [-0.2, -0.15) is 0 Å². The average Bonchev–Trinajstić information content (AvgIpc) is 3.27. The molecule has 1 aromatic heterocycles. The van der Waals surface area contributed by atoms with E-state index in [1.807, 2.05) is 0 Å². The molecule has 166 valence electrons. The van der Waals surface area contributed by atoms with Crippen molar-refractivity contribution in [3.8, 4) is 11.3 Å². The largest absolute Gasteiger partial charge is 0.456 e. The number of nitro benzene ring substituents is 1. The number of carbonyl (C=O) groups is 2. The summed E-state index contributed by atoms with van der Waals surface area (Å²) in [5.74, 6) is -0.732. The molecule has 0 unspecified atom stereocenters. The molecule has 0 radical (unpaired) electrons. The number of likely N-dealkylation sites (N-methyl/N-ethyl adjacent to an activating group) is 1. The fraction of sp³-hybridized carbons (Fsp3) is 0.0870. The van der Waals surface area contributed by atoms with Crippen LogP contribution in [0, 0.1) is 10.1 Å². The minimum absolute atomic E-state index is 0.0621. The number of carbonyl (C=O) groups excluding carboxylic acids is 2. The number of nitrogens with zero attached hydrogens (tertiary/aromatic N) is 3. The third-order valence-electron chi connectivity index (χ3n) is 5.01. The number of amides is 2. The zero-order valence-corrected chi connectivity index (χ0v) is 18.8. The quantitative estimate of drug-likeness (QED) is 0.166. The molecule has 10 heteroatoms. The van der Waals surface area contributed by atoms with Gasteiger partial charge in [0.1, 0.15) is 17.1 Å². The van der Waals surface area contributed by atoms with Gasteiger partial charge in [-0.3, -0.25) is 29.5 Å². The van der Waals surface area contributed by atoms with Crippen LogP contribution in [0.5, 0.6) is 0 Å². The zero-order chi connectivity index (χ0) is 23.7. The van der Waals surface area contributed by atoms with E-state index >= 15 is 0 Å². The maximum atomic E-state index is 13.3. The monoisotopic (exact) mass is 481 g/mol. The fourth-order valence-electron chi connectivity index (χ4n) is 3.43. The van der Waals surface area contributed by atoms with Crippen LogP contribution < -0.4 is 4.90 Å². The summed E-state index contributed by atoms with van der Waals surface area (Å²) in [6.45, 7) is 2.00. The topological polar surface area (TPSA) is 96.9 Å². The molecule has 2 heterocycles. The Morgan fingerprint density at radius 3 is 2.42 bits per heavy atom. The molecular weight excluding hydrogens is 466 g/mol. The van der Waals surface area contributed by atoms with Gasteiger partial charge in [-0.25, -0.2) is 0 Å². The molecule has 3 aromatic rings. The first-order valence-electron chi connectivity index (χ1n) is 9.83. The van der Waals surface area contributed by atoms with E-state index in [1.165, 1.54) is 28.0 Å². The van der Waals surface area contributed by atoms with Crippen molar-refractivity contribution < 1.29 is 18.9 Å². The van der Waals surface area contributed by atoms with Crippen molar-refractivity contribution in [2.75, 3.05) is 11.4 Å². The summed E-state index contributed by atoms with van der Waals surface area (Å²) in [5.41, 5.74) is 0.482. The molecule has 2 aromatic carbocycles. The molecule has 1 aliphatic heterocycles. The Morgan fingerprint density at radius 2 is 1.76 bits per heavy atom. The summed E-state index contributed by atoms with van der Waals surface area (Å²) >= 11 is 11.4. The van der Waals surface area contributed by atoms with E-state index in [0.29, 0.717) is 10.7 Å². The Kier molecular flexibility index (Phi) is 6.08. The Hall–Kier alpha value is -3.82. The van der Waals surface area contributed by atoms with Gasteiger partial charge >= 0.3 is 0 Å². The molecule has 0 atom stereocenters. The van der Waals surface area contributed by atoms with Gasteiger partial charge in [-0.1, -0.05) is 23.7 Å². The number of nitro groups is 1. The van der Waals surface area contributed by atoms with Crippen molar-refractivity contribution >= 4 is 58.2 Å². The van der Waals surface area contributed by atoms with Crippen molar-refractivity contribution in [2.45, 2.75) is 6.92 Å². The van der Waals surface area contributed by atoms with E-state index in [9.17, 15) is 19.7 Å². The number of benzene rings is 2. The predicted octanol–water partition coefficient (Wildman–Crippen LogP) is 5.07. The standard InChI is InChI=1S/C23H16ClN3O5S/c1-2-25-21(28)18(22(29)26(23(25)33)15-9-7-14(24)8-10-15)13-16-11-12-20(32-16)17-5-3-4-6-19(17)27(30)31/h3-13H,2H2,1H3/b18-13-. The third-order valence-corrected chi connectivity index (χ3v) is 5.67. The fourth-order valence-corrected chi connectivity index (χ4v) is 3.96. The molecule has 0 aliphatic carbocycles. The smallest absolute Gasteiger partial charge is 0.280 e. The lowest BCUT2D eigenvalue weighted by Crippen LogP contribution is -2.56. The minimum Gasteiger partial charge on any atom is -0.456 e. The molecule has 2 amide bonds. The van der Waals surface area contributed by atoms with E-state index in [4.69, 9.17) is 28.2 Å². The summed E-state index contributed by atoms with van der Waals surface area (Å²) < 4.78 is 5.74. The van der Waals surface area contributed by atoms with Gasteiger partial charge in [0.15, 0.2) is 5.11 Å². The van der Waals surface area contributed by atoms with Crippen LogP contribution in [0.15, 0.2) is 70.7 Å². The number of para-hydroxylation sites is 1. The molecular formula is C23H16ClN3O5S. The summed E-state index contributed by atoms with van der Waals surface area (Å²) in [4.78, 5) is 39.7. The van der Waals surface area contributed by atoms with Crippen molar-refractivity contribution in [1.82, 2.24) is 4.90 Å². The van der Waals surface area contributed by atoms with Crippen LogP contribution in [0.4, 0.5) is 11.4 Å². The van der Waals surface area contributed by atoms with Crippen molar-refractivity contribution in [2.24, 2.45) is 0 Å². The first-order chi connectivity index (χ1) is 15.8. The molecule has 8 nitrogen and oxygen atoms in total. The van der Waals surface area contributed by atoms with Crippen LogP contribution in [0.2, 0.25) is 5.02 Å². The van der Waals surface area contributed by atoms with E-state index < -0.39 is 16.7 Å². The van der Waals surface area contributed by atoms with Crippen LogP contribution in [-0.4, -0.2) is 33.3 Å². The maximum absolute atomic E-state index is 13.3. The summed E-state index contributed by atoms with van der Waals surface area (Å²) in [6, 6.07) is 15.7. The summed E-state index contributed by atoms with van der Waals surface area (Å²) in [5, 5.41) is 11.9. The SMILES string of the molecule is CCN1C(=O)/C(=C/c2ccc(-c3ccccc3[N+](=O)[O-])o2)C(=O)N(c2ccc(Cl)cc2)C1=S. The molecule has 1 fully saturated rings. The van der Waals surface area contributed by atoms with Crippen LogP contribution in [-0.2, 0) is 9.59 Å². The molecule has 0 saturated carbocycles. The number of furan rings is 1. The van der Waals surface area contributed by atoms with Crippen molar-refractivity contribution in [1.29, 1.82) is 0 Å². The van der Waals surface area contributed by atoms with E-state index in [-0.39, 0.29) is 40.0 Å². The molecule has 0 N–H and O–H groups in total. The lowest BCUT2D eigenvalue weighted by atomic mass is 10.1. The number of hydrogen-bond acceptors (Lipinski definition) is 6. The number of anilines is 1. The number of halogens is 1. The molecule has 4 rings (SSSR count). The van der Waals surface area contributed by atoms with E-state index in [0.717, 1.165) is 0 Å². The Balaban J connectivity index is 1.75.